The average Bonchev–Trinajstić information content (AvgIpc) is 2.33. The highest BCUT2D eigenvalue weighted by molar-refractivity contribution is 7.90. The Kier molecular flexibility index (Phi) is 10.5. The molecule has 7 heteroatoms. The Balaban J connectivity index is 4.19. The monoisotopic (exact) mass is 309 g/mol. The van der Waals surface area contributed by atoms with Gasteiger partial charge in [-0.25, -0.2) is 13.2 Å². The van der Waals surface area contributed by atoms with Crippen LogP contribution in [0.2, 0.25) is 0 Å². The van der Waals surface area contributed by atoms with Crippen molar-refractivity contribution in [2.45, 2.75) is 45.1 Å². The molecular formula is C13H27NO5S. The second-order valence-electron chi connectivity index (χ2n) is 4.89. The number of alkyl carbamates (subject to hydrolysis) is 1. The molecule has 1 amide bonds. The van der Waals surface area contributed by atoms with Gasteiger partial charge in [0, 0.05) is 19.9 Å². The number of sulfone groups is 1. The number of unbranched alkanes of at least 4 members (excludes halogenated alkanes) is 3. The molecule has 0 saturated heterocycles. The van der Waals surface area contributed by atoms with Gasteiger partial charge in [-0.3, -0.25) is 0 Å². The minimum Gasteiger partial charge on any atom is -0.445 e. The molecule has 0 heterocycles. The maximum atomic E-state index is 11.5. The van der Waals surface area contributed by atoms with Crippen LogP contribution in [0.3, 0.4) is 0 Å². The summed E-state index contributed by atoms with van der Waals surface area (Å²) in [6, 6.07) is 0. The lowest BCUT2D eigenvalue weighted by molar-refractivity contribution is 0.0989. The number of nitrogens with one attached hydrogen (secondary N) is 1. The molecule has 0 aromatic heterocycles. The maximum Gasteiger partial charge on any atom is 0.407 e. The Morgan fingerprint density at radius 1 is 1.25 bits per heavy atom. The molecule has 0 aliphatic rings. The Morgan fingerprint density at radius 3 is 2.50 bits per heavy atom. The van der Waals surface area contributed by atoms with Gasteiger partial charge >= 0.3 is 6.09 Å². The summed E-state index contributed by atoms with van der Waals surface area (Å²) in [5.74, 6) is -0.128. The van der Waals surface area contributed by atoms with Crippen LogP contribution >= 0.6 is 0 Å². The normalized spacial score (nSPS) is 12.9. The third kappa shape index (κ3) is 12.2. The minimum absolute atomic E-state index is 0.128. The summed E-state index contributed by atoms with van der Waals surface area (Å²) in [6.07, 6.45) is 4.64. The van der Waals surface area contributed by atoms with E-state index in [0.29, 0.717) is 19.6 Å². The first-order valence-corrected chi connectivity index (χ1v) is 9.06. The van der Waals surface area contributed by atoms with E-state index in [-0.39, 0.29) is 5.75 Å². The molecule has 1 unspecified atom stereocenters. The van der Waals surface area contributed by atoms with Gasteiger partial charge in [-0.1, -0.05) is 26.2 Å². The lowest BCUT2D eigenvalue weighted by Gasteiger charge is -2.17. The predicted octanol–water partition coefficient (Wildman–Crippen LogP) is 1.74. The zero-order chi connectivity index (χ0) is 15.4. The highest BCUT2D eigenvalue weighted by atomic mass is 32.2. The van der Waals surface area contributed by atoms with Crippen LogP contribution in [-0.2, 0) is 19.3 Å². The number of carbonyl (C=O) groups is 1. The van der Waals surface area contributed by atoms with Gasteiger partial charge in [0.25, 0.3) is 0 Å². The van der Waals surface area contributed by atoms with Crippen LogP contribution in [0.5, 0.6) is 0 Å². The molecule has 0 fully saturated rings. The zero-order valence-corrected chi connectivity index (χ0v) is 13.5. The van der Waals surface area contributed by atoms with E-state index in [0.717, 1.165) is 31.9 Å². The third-order valence-electron chi connectivity index (χ3n) is 2.72. The lowest BCUT2D eigenvalue weighted by Crippen LogP contribution is -2.34. The molecule has 0 aromatic carbocycles. The van der Waals surface area contributed by atoms with Gasteiger partial charge in [0.05, 0.1) is 12.4 Å². The Morgan fingerprint density at radius 2 is 1.95 bits per heavy atom. The maximum absolute atomic E-state index is 11.5. The van der Waals surface area contributed by atoms with Crippen molar-refractivity contribution in [3.05, 3.63) is 0 Å². The second-order valence-corrected chi connectivity index (χ2v) is 7.07. The summed E-state index contributed by atoms with van der Waals surface area (Å²) in [7, 11) is -1.63. The Labute approximate surface area is 122 Å². The molecule has 1 N–H and O–H groups in total. The van der Waals surface area contributed by atoms with Gasteiger partial charge in [0.1, 0.15) is 6.10 Å². The number of ether oxygens (including phenoxy) is 2. The number of carbonyl (C=O) groups excluding carboxylic acids is 1. The predicted molar refractivity (Wildman–Crippen MR) is 78.6 cm³/mol. The van der Waals surface area contributed by atoms with Crippen LogP contribution in [0.4, 0.5) is 4.79 Å². The van der Waals surface area contributed by atoms with Crippen LogP contribution < -0.4 is 5.32 Å². The van der Waals surface area contributed by atoms with Crippen molar-refractivity contribution < 1.29 is 22.7 Å². The molecule has 1 atom stereocenters. The van der Waals surface area contributed by atoms with Crippen molar-refractivity contribution in [2.24, 2.45) is 0 Å². The molecule has 6 nitrogen and oxygen atoms in total. The van der Waals surface area contributed by atoms with Gasteiger partial charge < -0.3 is 14.8 Å². The van der Waals surface area contributed by atoms with E-state index < -0.39 is 22.0 Å². The summed E-state index contributed by atoms with van der Waals surface area (Å²) in [5.41, 5.74) is 0. The van der Waals surface area contributed by atoms with Crippen LogP contribution in [-0.4, -0.2) is 52.9 Å². The van der Waals surface area contributed by atoms with Gasteiger partial charge in [-0.05, 0) is 12.8 Å². The Bertz CT molecular complexity index is 356. The topological polar surface area (TPSA) is 81.7 Å². The van der Waals surface area contributed by atoms with Crippen molar-refractivity contribution >= 4 is 15.9 Å². The van der Waals surface area contributed by atoms with E-state index in [4.69, 9.17) is 9.47 Å². The van der Waals surface area contributed by atoms with E-state index in [1.165, 1.54) is 7.11 Å². The fourth-order valence-corrected chi connectivity index (χ4v) is 2.67. The molecule has 120 valence electrons. The summed E-state index contributed by atoms with van der Waals surface area (Å²) >= 11 is 0. The standard InChI is InChI=1S/C13H27NO5S/c1-4-5-6-7-8-12(11-20(3,16)17)19-13(15)14-9-10-18-2/h12H,4-11H2,1-3H3,(H,14,15). The van der Waals surface area contributed by atoms with Crippen LogP contribution in [0.25, 0.3) is 0 Å². The van der Waals surface area contributed by atoms with Crippen molar-refractivity contribution in [1.82, 2.24) is 5.32 Å². The molecular weight excluding hydrogens is 282 g/mol. The summed E-state index contributed by atoms with van der Waals surface area (Å²) in [5, 5.41) is 2.52. The fourth-order valence-electron chi connectivity index (χ4n) is 1.76. The zero-order valence-electron chi connectivity index (χ0n) is 12.7. The van der Waals surface area contributed by atoms with E-state index in [2.05, 4.69) is 12.2 Å². The molecule has 0 radical (unpaired) electrons. The molecule has 0 saturated carbocycles. The van der Waals surface area contributed by atoms with E-state index >= 15 is 0 Å². The minimum atomic E-state index is -3.17. The smallest absolute Gasteiger partial charge is 0.407 e. The van der Waals surface area contributed by atoms with Crippen LogP contribution in [0.1, 0.15) is 39.0 Å². The Hall–Kier alpha value is -0.820. The van der Waals surface area contributed by atoms with Gasteiger partial charge in [0.2, 0.25) is 0 Å². The number of hydrogen-bond acceptors (Lipinski definition) is 5. The largest absolute Gasteiger partial charge is 0.445 e. The van der Waals surface area contributed by atoms with E-state index in [1.807, 2.05) is 0 Å². The molecule has 0 aliphatic heterocycles. The van der Waals surface area contributed by atoms with E-state index in [1.54, 1.807) is 0 Å². The fraction of sp³-hybridized carbons (Fsp3) is 0.923. The third-order valence-corrected chi connectivity index (χ3v) is 3.69. The van der Waals surface area contributed by atoms with Crippen LogP contribution in [0.15, 0.2) is 0 Å². The van der Waals surface area contributed by atoms with Crippen molar-refractivity contribution in [1.29, 1.82) is 0 Å². The number of hydrogen-bond donors (Lipinski definition) is 1. The van der Waals surface area contributed by atoms with Crippen LogP contribution in [0, 0.1) is 0 Å². The summed E-state index contributed by atoms with van der Waals surface area (Å²) in [6.45, 7) is 2.84. The number of amides is 1. The molecule has 0 aliphatic carbocycles. The van der Waals surface area contributed by atoms with Crippen molar-refractivity contribution in [2.75, 3.05) is 32.3 Å². The second kappa shape index (κ2) is 10.9. The number of rotatable bonds is 11. The van der Waals surface area contributed by atoms with Crippen molar-refractivity contribution in [3.8, 4) is 0 Å². The first-order valence-electron chi connectivity index (χ1n) is 7.00. The molecule has 20 heavy (non-hydrogen) atoms. The van der Waals surface area contributed by atoms with Crippen molar-refractivity contribution in [3.63, 3.8) is 0 Å². The first kappa shape index (κ1) is 19.2. The van der Waals surface area contributed by atoms with Gasteiger partial charge in [-0.15, -0.1) is 0 Å². The molecule has 0 bridgehead atoms. The summed E-state index contributed by atoms with van der Waals surface area (Å²) in [4.78, 5) is 11.5. The SMILES string of the molecule is CCCCCCC(CS(C)(=O)=O)OC(=O)NCCOC. The summed E-state index contributed by atoms with van der Waals surface area (Å²) < 4.78 is 32.7. The van der Waals surface area contributed by atoms with E-state index in [9.17, 15) is 13.2 Å². The lowest BCUT2D eigenvalue weighted by atomic mass is 10.1. The first-order chi connectivity index (χ1) is 9.39. The molecule has 0 rings (SSSR count). The average molecular weight is 309 g/mol. The quantitative estimate of drug-likeness (QED) is 0.588. The highest BCUT2D eigenvalue weighted by Crippen LogP contribution is 2.10. The molecule has 0 aromatic rings. The van der Waals surface area contributed by atoms with Gasteiger partial charge in [-0.2, -0.15) is 0 Å². The number of methoxy groups -OCH3 is 1. The van der Waals surface area contributed by atoms with Gasteiger partial charge in [0.15, 0.2) is 9.84 Å². The highest BCUT2D eigenvalue weighted by Gasteiger charge is 2.19. The molecule has 0 spiro atoms.